The van der Waals surface area contributed by atoms with Crippen LogP contribution in [0.4, 0.5) is 5.82 Å². The van der Waals surface area contributed by atoms with Crippen molar-refractivity contribution in [2.45, 2.75) is 18.4 Å². The average Bonchev–Trinajstić information content (AvgIpc) is 3.42. The van der Waals surface area contributed by atoms with E-state index in [9.17, 15) is 13.2 Å². The van der Waals surface area contributed by atoms with Crippen molar-refractivity contribution in [3.8, 4) is 5.69 Å². The second kappa shape index (κ2) is 8.67. The number of amides is 1. The van der Waals surface area contributed by atoms with Crippen LogP contribution in [0.1, 0.15) is 21.7 Å². The molecule has 2 aromatic heterocycles. The summed E-state index contributed by atoms with van der Waals surface area (Å²) in [6.45, 7) is 1.97. The van der Waals surface area contributed by atoms with Gasteiger partial charge in [-0.15, -0.1) is 0 Å². The van der Waals surface area contributed by atoms with E-state index in [0.717, 1.165) is 11.3 Å². The molecule has 0 radical (unpaired) electrons. The van der Waals surface area contributed by atoms with Gasteiger partial charge in [0.05, 0.1) is 16.8 Å². The maximum absolute atomic E-state index is 12.9. The molecule has 0 atom stereocenters. The Kier molecular flexibility index (Phi) is 5.78. The fourth-order valence-electron chi connectivity index (χ4n) is 3.14. The van der Waals surface area contributed by atoms with Gasteiger partial charge < -0.3 is 9.42 Å². The molecule has 0 fully saturated rings. The predicted molar refractivity (Wildman–Crippen MR) is 118 cm³/mol. The lowest BCUT2D eigenvalue weighted by Gasteiger charge is -2.17. The molecule has 32 heavy (non-hydrogen) atoms. The van der Waals surface area contributed by atoms with Crippen LogP contribution >= 0.6 is 0 Å². The molecule has 4 aromatic rings. The van der Waals surface area contributed by atoms with E-state index in [2.05, 4.69) is 15.0 Å². The molecule has 9 nitrogen and oxygen atoms in total. The van der Waals surface area contributed by atoms with Crippen molar-refractivity contribution in [2.75, 3.05) is 11.8 Å². The quantitative estimate of drug-likeness (QED) is 0.462. The highest BCUT2D eigenvalue weighted by Crippen LogP contribution is 2.18. The van der Waals surface area contributed by atoms with E-state index < -0.39 is 10.0 Å². The van der Waals surface area contributed by atoms with Crippen molar-refractivity contribution in [1.82, 2.24) is 19.8 Å². The lowest BCUT2D eigenvalue weighted by molar-refractivity contribution is 0.0785. The van der Waals surface area contributed by atoms with E-state index in [0.29, 0.717) is 12.3 Å². The van der Waals surface area contributed by atoms with Crippen LogP contribution in [-0.4, -0.2) is 41.2 Å². The van der Waals surface area contributed by atoms with Crippen molar-refractivity contribution in [3.63, 3.8) is 0 Å². The van der Waals surface area contributed by atoms with E-state index in [4.69, 9.17) is 4.52 Å². The summed E-state index contributed by atoms with van der Waals surface area (Å²) in [6.07, 6.45) is 3.55. The second-order valence-electron chi connectivity index (χ2n) is 7.25. The number of hydrogen-bond donors (Lipinski definition) is 1. The molecule has 1 N–H and O–H groups in total. The molecule has 0 saturated carbocycles. The zero-order chi connectivity index (χ0) is 22.7. The van der Waals surface area contributed by atoms with Crippen LogP contribution < -0.4 is 4.72 Å². The molecular weight excluding hydrogens is 430 g/mol. The molecule has 2 aromatic carbocycles. The molecule has 1 amide bonds. The Balaban J connectivity index is 1.48. The number of nitrogens with zero attached hydrogens (tertiary/aromatic N) is 4. The molecule has 164 valence electrons. The lowest BCUT2D eigenvalue weighted by atomic mass is 10.2. The van der Waals surface area contributed by atoms with Crippen molar-refractivity contribution in [1.29, 1.82) is 0 Å². The van der Waals surface area contributed by atoms with Crippen LogP contribution in [0.5, 0.6) is 0 Å². The van der Waals surface area contributed by atoms with E-state index in [1.165, 1.54) is 29.2 Å². The SMILES string of the molecule is Cc1cc(NS(=O)(=O)c2cccc(C(=O)N(C)Cc3cnn(-c4ccccc4)c3)c2)no1. The fraction of sp³-hybridized carbons (Fsp3) is 0.136. The summed E-state index contributed by atoms with van der Waals surface area (Å²) in [7, 11) is -2.27. The van der Waals surface area contributed by atoms with Crippen LogP contribution in [0.3, 0.4) is 0 Å². The fourth-order valence-corrected chi connectivity index (χ4v) is 4.17. The van der Waals surface area contributed by atoms with Gasteiger partial charge >= 0.3 is 0 Å². The number of sulfonamides is 1. The highest BCUT2D eigenvalue weighted by molar-refractivity contribution is 7.92. The molecule has 0 bridgehead atoms. The zero-order valence-electron chi connectivity index (χ0n) is 17.5. The van der Waals surface area contributed by atoms with E-state index >= 15 is 0 Å². The van der Waals surface area contributed by atoms with Crippen LogP contribution in [0, 0.1) is 6.92 Å². The normalized spacial score (nSPS) is 11.3. The average molecular weight is 452 g/mol. The molecule has 0 aliphatic rings. The van der Waals surface area contributed by atoms with E-state index in [1.54, 1.807) is 30.9 Å². The first-order valence-electron chi connectivity index (χ1n) is 9.72. The monoisotopic (exact) mass is 451 g/mol. The Labute approximate surface area is 185 Å². The largest absolute Gasteiger partial charge is 0.360 e. The summed E-state index contributed by atoms with van der Waals surface area (Å²) in [5.41, 5.74) is 2.01. The predicted octanol–water partition coefficient (Wildman–Crippen LogP) is 3.24. The number of rotatable bonds is 7. The smallest absolute Gasteiger partial charge is 0.263 e. The van der Waals surface area contributed by atoms with Gasteiger partial charge in [-0.05, 0) is 37.3 Å². The highest BCUT2D eigenvalue weighted by Gasteiger charge is 2.20. The molecule has 4 rings (SSSR count). The van der Waals surface area contributed by atoms with Crippen molar-refractivity contribution in [3.05, 3.63) is 89.9 Å². The molecule has 0 saturated heterocycles. The van der Waals surface area contributed by atoms with E-state index in [1.807, 2.05) is 36.5 Å². The number of hydrogen-bond acceptors (Lipinski definition) is 6. The van der Waals surface area contributed by atoms with E-state index in [-0.39, 0.29) is 22.2 Å². The Morgan fingerprint density at radius 3 is 2.62 bits per heavy atom. The van der Waals surface area contributed by atoms with Crippen molar-refractivity contribution >= 4 is 21.7 Å². The first kappa shape index (κ1) is 21.3. The van der Waals surface area contributed by atoms with Gasteiger partial charge in [-0.2, -0.15) is 5.10 Å². The third kappa shape index (κ3) is 4.70. The molecule has 0 aliphatic heterocycles. The number of aryl methyl sites for hydroxylation is 1. The molecular formula is C22H21N5O4S. The van der Waals surface area contributed by atoms with Crippen molar-refractivity contribution < 1.29 is 17.7 Å². The standard InChI is InChI=1S/C22H21N5O4S/c1-16-11-21(24-31-16)25-32(29,30)20-10-6-7-18(12-20)22(28)26(2)14-17-13-23-27(15-17)19-8-4-3-5-9-19/h3-13,15H,14H2,1-2H3,(H,24,25). The molecule has 0 spiro atoms. The van der Waals surface area contributed by atoms with Crippen LogP contribution in [0.25, 0.3) is 5.69 Å². The minimum Gasteiger partial charge on any atom is -0.360 e. The van der Waals surface area contributed by atoms with Gasteiger partial charge in [-0.3, -0.25) is 9.52 Å². The number of carbonyl (C=O) groups excluding carboxylic acids is 1. The zero-order valence-corrected chi connectivity index (χ0v) is 18.3. The number of nitrogens with one attached hydrogen (secondary N) is 1. The van der Waals surface area contributed by atoms with Gasteiger partial charge in [0.25, 0.3) is 15.9 Å². The third-order valence-corrected chi connectivity index (χ3v) is 6.03. The Morgan fingerprint density at radius 2 is 1.91 bits per heavy atom. The van der Waals surface area contributed by atoms with Gasteiger partial charge in [0.15, 0.2) is 5.82 Å². The third-order valence-electron chi connectivity index (χ3n) is 4.68. The maximum atomic E-state index is 12.9. The van der Waals surface area contributed by atoms with Gasteiger partial charge in [0, 0.05) is 37.0 Å². The summed E-state index contributed by atoms with van der Waals surface area (Å²) >= 11 is 0. The van der Waals surface area contributed by atoms with Crippen LogP contribution in [0.15, 0.2) is 82.5 Å². The molecule has 0 aliphatic carbocycles. The first-order chi connectivity index (χ1) is 15.3. The summed E-state index contributed by atoms with van der Waals surface area (Å²) in [5.74, 6) is 0.238. The highest BCUT2D eigenvalue weighted by atomic mass is 32.2. The Morgan fingerprint density at radius 1 is 1.12 bits per heavy atom. The van der Waals surface area contributed by atoms with Gasteiger partial charge in [0.1, 0.15) is 5.76 Å². The number of benzene rings is 2. The number of anilines is 1. The summed E-state index contributed by atoms with van der Waals surface area (Å²) in [5, 5.41) is 7.97. The second-order valence-corrected chi connectivity index (χ2v) is 8.93. The van der Waals surface area contributed by atoms with Crippen LogP contribution in [0.2, 0.25) is 0 Å². The maximum Gasteiger partial charge on any atom is 0.263 e. The minimum absolute atomic E-state index is 0.0469. The number of para-hydroxylation sites is 1. The number of carbonyl (C=O) groups is 1. The topological polar surface area (TPSA) is 110 Å². The molecule has 10 heteroatoms. The number of aromatic nitrogens is 3. The van der Waals surface area contributed by atoms with Gasteiger partial charge in [-0.25, -0.2) is 13.1 Å². The van der Waals surface area contributed by atoms with Gasteiger partial charge in [0.2, 0.25) is 0 Å². The first-order valence-corrected chi connectivity index (χ1v) is 11.2. The summed E-state index contributed by atoms with van der Waals surface area (Å²) in [4.78, 5) is 14.4. The summed E-state index contributed by atoms with van der Waals surface area (Å²) < 4.78 is 34.3. The summed E-state index contributed by atoms with van der Waals surface area (Å²) in [6, 6.07) is 17.0. The lowest BCUT2D eigenvalue weighted by Crippen LogP contribution is -2.26. The van der Waals surface area contributed by atoms with Crippen LogP contribution in [-0.2, 0) is 16.6 Å². The molecule has 0 unspecified atom stereocenters. The molecule has 2 heterocycles. The Hall–Kier alpha value is -3.92. The minimum atomic E-state index is -3.92. The Bertz CT molecular complexity index is 1350. The van der Waals surface area contributed by atoms with Crippen molar-refractivity contribution in [2.24, 2.45) is 0 Å². The van der Waals surface area contributed by atoms with Gasteiger partial charge in [-0.1, -0.05) is 29.4 Å².